The van der Waals surface area contributed by atoms with Crippen molar-refractivity contribution >= 4 is 30.8 Å². The molecule has 0 amide bonds. The lowest BCUT2D eigenvalue weighted by Crippen LogP contribution is -2.47. The van der Waals surface area contributed by atoms with Crippen molar-refractivity contribution in [1.29, 1.82) is 0 Å². The van der Waals surface area contributed by atoms with E-state index in [1.54, 1.807) is 0 Å². The molecule has 1 rings (SSSR count). The zero-order valence-electron chi connectivity index (χ0n) is 11.6. The highest BCUT2D eigenvalue weighted by atomic mass is 35.5. The fourth-order valence-corrected chi connectivity index (χ4v) is 4.42. The average Bonchev–Trinajstić information content (AvgIpc) is 2.43. The average molecular weight is 295 g/mol. The van der Waals surface area contributed by atoms with Crippen LogP contribution in [0.4, 0.5) is 0 Å². The van der Waals surface area contributed by atoms with E-state index in [9.17, 15) is 4.79 Å². The highest BCUT2D eigenvalue weighted by Gasteiger charge is 2.33. The van der Waals surface area contributed by atoms with E-state index >= 15 is 0 Å². The van der Waals surface area contributed by atoms with E-state index in [4.69, 9.17) is 16.3 Å². The van der Waals surface area contributed by atoms with Gasteiger partial charge < -0.3 is 4.74 Å². The number of alkyl halides is 1. The van der Waals surface area contributed by atoms with E-state index in [0.29, 0.717) is 6.61 Å². The van der Waals surface area contributed by atoms with E-state index in [0.717, 1.165) is 0 Å². The second-order valence-corrected chi connectivity index (χ2v) is 9.84. The van der Waals surface area contributed by atoms with Crippen molar-refractivity contribution in [3.05, 3.63) is 30.3 Å². The largest absolute Gasteiger partial charge is 0.464 e. The third-order valence-corrected chi connectivity index (χ3v) is 7.32. The lowest BCUT2D eigenvalue weighted by atomic mass is 10.4. The zero-order chi connectivity index (χ0) is 14.3. The van der Waals surface area contributed by atoms with Crippen molar-refractivity contribution in [2.45, 2.75) is 25.6 Å². The fourth-order valence-electron chi connectivity index (χ4n) is 1.89. The Bertz CT molecular complexity index is 474. The summed E-state index contributed by atoms with van der Waals surface area (Å²) in [7, 11) is -1.80. The molecule has 0 bridgehead atoms. The second-order valence-electron chi connectivity index (χ2n) is 4.85. The summed E-state index contributed by atoms with van der Waals surface area (Å²) < 4.78 is 5.18. The molecule has 0 aliphatic heterocycles. The number of benzene rings is 1. The highest BCUT2D eigenvalue weighted by Crippen LogP contribution is 2.22. The van der Waals surface area contributed by atoms with Gasteiger partial charge in [-0.1, -0.05) is 54.5 Å². The van der Waals surface area contributed by atoms with Crippen molar-refractivity contribution in [2.24, 2.45) is 0 Å². The molecule has 102 valence electrons. The molecule has 0 radical (unpaired) electrons. The minimum atomic E-state index is -1.80. The summed E-state index contributed by atoms with van der Waals surface area (Å²) in [6, 6.07) is 10.3. The quantitative estimate of drug-likeness (QED) is 0.361. The third kappa shape index (κ3) is 4.41. The summed E-state index contributed by atoms with van der Waals surface area (Å²) in [5, 5.41) is 1.31. The maximum absolute atomic E-state index is 11.2. The monoisotopic (exact) mass is 294 g/mol. The molecule has 1 atom stereocenters. The molecule has 2 nitrogen and oxygen atoms in total. The molecule has 0 spiro atoms. The Labute approximate surface area is 121 Å². The maximum Gasteiger partial charge on any atom is 0.320 e. The van der Waals surface area contributed by atoms with Gasteiger partial charge in [-0.2, -0.15) is 0 Å². The molecular formula is C15H19ClO2Si. The Kier molecular flexibility index (Phi) is 6.14. The standard InChI is InChI=1S/C15H19ClO2Si/c1-4-8-14(12-18-15(17)11-16)19(2,3)13-9-6-5-7-10-13/h5-7,9-10,14H,11-12H2,1-3H3/t14-/m0/s1. The minimum Gasteiger partial charge on any atom is -0.464 e. The molecule has 0 saturated carbocycles. The summed E-state index contributed by atoms with van der Waals surface area (Å²) in [4.78, 5) is 11.2. The van der Waals surface area contributed by atoms with E-state index in [1.807, 2.05) is 25.1 Å². The summed E-state index contributed by atoms with van der Waals surface area (Å²) in [6.45, 7) is 6.62. The molecule has 0 fully saturated rings. The molecule has 4 heteroatoms. The maximum atomic E-state index is 11.2. The smallest absolute Gasteiger partial charge is 0.320 e. The van der Waals surface area contributed by atoms with E-state index in [1.165, 1.54) is 5.19 Å². The van der Waals surface area contributed by atoms with Gasteiger partial charge in [-0.25, -0.2) is 0 Å². The van der Waals surface area contributed by atoms with Gasteiger partial charge in [-0.15, -0.1) is 17.5 Å². The van der Waals surface area contributed by atoms with Crippen molar-refractivity contribution in [1.82, 2.24) is 0 Å². The van der Waals surface area contributed by atoms with Gasteiger partial charge in [0.2, 0.25) is 0 Å². The number of rotatable bonds is 5. The van der Waals surface area contributed by atoms with Crippen LogP contribution in [-0.2, 0) is 9.53 Å². The van der Waals surface area contributed by atoms with Crippen molar-refractivity contribution in [3.63, 3.8) is 0 Å². The lowest BCUT2D eigenvalue weighted by Gasteiger charge is -2.29. The topological polar surface area (TPSA) is 26.3 Å². The van der Waals surface area contributed by atoms with Crippen LogP contribution in [0.25, 0.3) is 0 Å². The fraction of sp³-hybridized carbons (Fsp3) is 0.400. The molecule has 1 aromatic carbocycles. The summed E-state index contributed by atoms with van der Waals surface area (Å²) >= 11 is 5.44. The first kappa shape index (κ1) is 15.8. The van der Waals surface area contributed by atoms with Gasteiger partial charge in [0.25, 0.3) is 0 Å². The summed E-state index contributed by atoms with van der Waals surface area (Å²) in [6.07, 6.45) is 0. The van der Waals surface area contributed by atoms with E-state index in [-0.39, 0.29) is 17.4 Å². The van der Waals surface area contributed by atoms with Crippen LogP contribution in [0.1, 0.15) is 6.92 Å². The van der Waals surface area contributed by atoms with Crippen LogP contribution in [-0.4, -0.2) is 26.5 Å². The molecule has 0 N–H and O–H groups in total. The lowest BCUT2D eigenvalue weighted by molar-refractivity contribution is -0.140. The van der Waals surface area contributed by atoms with Crippen LogP contribution in [0.5, 0.6) is 0 Å². The van der Waals surface area contributed by atoms with Gasteiger partial charge in [0.15, 0.2) is 0 Å². The Hall–Kier alpha value is -1.24. The van der Waals surface area contributed by atoms with Crippen LogP contribution >= 0.6 is 11.6 Å². The number of hydrogen-bond donors (Lipinski definition) is 0. The normalized spacial score (nSPS) is 12.2. The third-order valence-electron chi connectivity index (χ3n) is 3.23. The molecule has 0 heterocycles. The molecule has 0 unspecified atom stereocenters. The van der Waals surface area contributed by atoms with Crippen LogP contribution in [0.3, 0.4) is 0 Å². The van der Waals surface area contributed by atoms with Crippen molar-refractivity contribution in [3.8, 4) is 11.8 Å². The van der Waals surface area contributed by atoms with Gasteiger partial charge in [0.05, 0.1) is 5.54 Å². The molecule has 0 aliphatic rings. The molecular weight excluding hydrogens is 276 g/mol. The Morgan fingerprint density at radius 2 is 2.00 bits per heavy atom. The number of ether oxygens (including phenoxy) is 1. The van der Waals surface area contributed by atoms with E-state index in [2.05, 4.69) is 37.1 Å². The number of carbonyl (C=O) groups excluding carboxylic acids is 1. The predicted octanol–water partition coefficient (Wildman–Crippen LogP) is 2.78. The minimum absolute atomic E-state index is 0.0760. The molecule has 0 aliphatic carbocycles. The van der Waals surface area contributed by atoms with Gasteiger partial charge in [0.1, 0.15) is 20.6 Å². The van der Waals surface area contributed by atoms with Gasteiger partial charge in [-0.3, -0.25) is 4.79 Å². The number of esters is 1. The van der Waals surface area contributed by atoms with Gasteiger partial charge in [-0.05, 0) is 6.92 Å². The highest BCUT2D eigenvalue weighted by molar-refractivity contribution is 6.91. The van der Waals surface area contributed by atoms with Crippen molar-refractivity contribution < 1.29 is 9.53 Å². The molecule has 0 saturated heterocycles. The number of carbonyl (C=O) groups is 1. The first-order valence-corrected chi connectivity index (χ1v) is 9.83. The number of halogens is 1. The van der Waals surface area contributed by atoms with Gasteiger partial charge >= 0.3 is 5.97 Å². The Morgan fingerprint density at radius 3 is 2.53 bits per heavy atom. The summed E-state index contributed by atoms with van der Waals surface area (Å²) in [5.41, 5.74) is 0.0760. The Balaban J connectivity index is 2.90. The molecule has 1 aromatic rings. The van der Waals surface area contributed by atoms with Crippen LogP contribution in [0, 0.1) is 11.8 Å². The Morgan fingerprint density at radius 1 is 1.37 bits per heavy atom. The van der Waals surface area contributed by atoms with E-state index < -0.39 is 8.07 Å². The van der Waals surface area contributed by atoms with Crippen molar-refractivity contribution in [2.75, 3.05) is 12.5 Å². The first-order chi connectivity index (χ1) is 9.02. The molecule has 0 aromatic heterocycles. The van der Waals surface area contributed by atoms with Crippen LogP contribution in [0.2, 0.25) is 18.6 Å². The second kappa shape index (κ2) is 7.37. The SMILES string of the molecule is CC#C[C@@H](COC(=O)CCl)[Si](C)(C)c1ccccc1. The predicted molar refractivity (Wildman–Crippen MR) is 82.4 cm³/mol. The number of hydrogen-bond acceptors (Lipinski definition) is 2. The summed E-state index contributed by atoms with van der Waals surface area (Å²) in [5.74, 6) is 5.64. The van der Waals surface area contributed by atoms with Gasteiger partial charge in [0, 0.05) is 0 Å². The molecule has 19 heavy (non-hydrogen) atoms. The zero-order valence-corrected chi connectivity index (χ0v) is 13.3. The first-order valence-electron chi connectivity index (χ1n) is 6.21. The van der Waals surface area contributed by atoms with Crippen LogP contribution in [0.15, 0.2) is 30.3 Å². The van der Waals surface area contributed by atoms with Crippen LogP contribution < -0.4 is 5.19 Å².